The zero-order chi connectivity index (χ0) is 41.1. The molecule has 4 aliphatic heterocycles. The molecular formula is C45H74KNO10. The average molecular weight is 828 g/mol. The molecule has 10 atom stereocenters. The summed E-state index contributed by atoms with van der Waals surface area (Å²) in [6.07, 6.45) is 24.1. The summed E-state index contributed by atoms with van der Waals surface area (Å²) in [5.41, 5.74) is 1.34. The zero-order valence-electron chi connectivity index (χ0n) is 36.2. The van der Waals surface area contributed by atoms with Crippen molar-refractivity contribution in [1.82, 2.24) is 4.90 Å². The summed E-state index contributed by atoms with van der Waals surface area (Å²) >= 11 is 0. The molecular weight excluding hydrogens is 754 g/mol. The number of Topliss-reactive ketones (excluding diaryl/α,β-unsaturated/α-hetero) is 1. The van der Waals surface area contributed by atoms with Crippen molar-refractivity contribution in [3.63, 3.8) is 0 Å². The molecule has 57 heavy (non-hydrogen) atoms. The first-order chi connectivity index (χ1) is 27.0. The van der Waals surface area contributed by atoms with Crippen LogP contribution in [0.25, 0.3) is 0 Å². The van der Waals surface area contributed by atoms with Crippen LogP contribution >= 0.6 is 0 Å². The number of ether oxygens (including phenoxy) is 4. The Bertz CT molecular complexity index is 1300. The fraction of sp³-hybridized carbons (Fsp3) is 0.778. The Morgan fingerprint density at radius 1 is 1.02 bits per heavy atom. The number of piperidine rings is 1. The van der Waals surface area contributed by atoms with Gasteiger partial charge in [0.15, 0.2) is 0 Å². The van der Waals surface area contributed by atoms with E-state index in [1.807, 2.05) is 52.2 Å². The molecule has 1 saturated carbocycles. The minimum atomic E-state index is -1.35. The normalized spacial score (nSPS) is 29.3. The van der Waals surface area contributed by atoms with E-state index in [1.54, 1.807) is 0 Å². The van der Waals surface area contributed by atoms with Gasteiger partial charge in [-0.3, -0.25) is 9.59 Å². The standard InChI is InChI=1S/C31H52O5.C12H16NO5.C2H6.K/c1-5-23(2)14-9-7-6-8-10-15-24(3)29(32)31(34)30(33)28-21-20-26(36-28)18-12-11-16-25-17-13-19-27(22-25)35-4;14-9-5-1-2-6-13(9)11(16)10(15)12-8(18-12)4-3-7-17-12;1-2;/h6-9,14,21,24-27,29-34H,5,10-13,15-20,22H2,1-4H3;8-9H,1-7H2;1-2H3;/q;-1;;+1/b8-6+,9-7+,23-14+;;;/t24?,25?,26?,27?,29?,30?,31-;8?,9-,12?;;/m01../s1. The summed E-state index contributed by atoms with van der Waals surface area (Å²) in [7, 11) is 1.82. The minimum absolute atomic E-state index is 0. The number of epoxide rings is 1. The number of rotatable bonds is 18. The second kappa shape index (κ2) is 28.0. The summed E-state index contributed by atoms with van der Waals surface area (Å²) in [6.45, 7) is 10.9. The predicted octanol–water partition coefficient (Wildman–Crippen LogP) is 3.58. The summed E-state index contributed by atoms with van der Waals surface area (Å²) in [5.74, 6) is -1.74. The molecule has 0 aromatic rings. The third-order valence-electron chi connectivity index (χ3n) is 11.8. The number of amides is 1. The van der Waals surface area contributed by atoms with E-state index < -0.39 is 42.0 Å². The molecule has 0 bridgehead atoms. The molecule has 3 N–H and O–H groups in total. The van der Waals surface area contributed by atoms with E-state index >= 15 is 0 Å². The first-order valence-corrected chi connectivity index (χ1v) is 21.8. The molecule has 11 nitrogen and oxygen atoms in total. The summed E-state index contributed by atoms with van der Waals surface area (Å²) in [6, 6.07) is 0. The van der Waals surface area contributed by atoms with Gasteiger partial charge in [0.2, 0.25) is 0 Å². The topological polar surface area (TPSA) is 161 Å². The van der Waals surface area contributed by atoms with Crippen molar-refractivity contribution in [2.45, 2.75) is 192 Å². The van der Waals surface area contributed by atoms with Gasteiger partial charge in [-0.05, 0) is 102 Å². The Labute approximate surface area is 386 Å². The van der Waals surface area contributed by atoms with Gasteiger partial charge in [-0.15, -0.1) is 0 Å². The zero-order valence-corrected chi connectivity index (χ0v) is 39.4. The number of carbonyl (C=O) groups excluding carboxylic acids is 2. The Morgan fingerprint density at radius 3 is 2.47 bits per heavy atom. The van der Waals surface area contributed by atoms with E-state index in [2.05, 4.69) is 26.0 Å². The van der Waals surface area contributed by atoms with E-state index in [1.165, 1.54) is 44.1 Å². The number of aliphatic hydroxyl groups is 3. The number of nitrogens with zero attached hydrogens (tertiary/aromatic N) is 1. The van der Waals surface area contributed by atoms with Crippen LogP contribution in [0.5, 0.6) is 0 Å². The predicted molar refractivity (Wildman–Crippen MR) is 216 cm³/mol. The van der Waals surface area contributed by atoms with E-state index in [0.29, 0.717) is 31.4 Å². The number of carbonyl (C=O) groups is 2. The molecule has 1 aliphatic carbocycles. The average Bonchev–Trinajstić information content (AvgIpc) is 3.81. The molecule has 4 fully saturated rings. The molecule has 1 amide bonds. The van der Waals surface area contributed by atoms with Crippen LogP contribution in [0.4, 0.5) is 0 Å². The number of likely N-dealkylation sites (tertiary alicyclic amines) is 1. The quantitative estimate of drug-likeness (QED) is 0.0613. The molecule has 4 heterocycles. The maximum atomic E-state index is 12.1. The Balaban J connectivity index is 0.000000443. The monoisotopic (exact) mass is 827 g/mol. The summed E-state index contributed by atoms with van der Waals surface area (Å²) in [5, 5.41) is 43.5. The molecule has 0 aromatic heterocycles. The molecule has 5 rings (SSSR count). The van der Waals surface area contributed by atoms with Crippen LogP contribution in [-0.2, 0) is 28.5 Å². The first kappa shape index (κ1) is 52.4. The maximum Gasteiger partial charge on any atom is 1.00 e. The van der Waals surface area contributed by atoms with Gasteiger partial charge < -0.3 is 44.3 Å². The van der Waals surface area contributed by atoms with Gasteiger partial charge in [-0.25, -0.2) is 0 Å². The summed E-state index contributed by atoms with van der Waals surface area (Å²) < 4.78 is 22.1. The van der Waals surface area contributed by atoms with Crippen molar-refractivity contribution in [1.29, 1.82) is 0 Å². The van der Waals surface area contributed by atoms with Gasteiger partial charge in [-0.2, -0.15) is 0 Å². The van der Waals surface area contributed by atoms with Crippen LogP contribution < -0.4 is 56.5 Å². The van der Waals surface area contributed by atoms with Crippen LogP contribution in [0.1, 0.15) is 144 Å². The van der Waals surface area contributed by atoms with E-state index in [4.69, 9.17) is 18.9 Å². The second-order valence-electron chi connectivity index (χ2n) is 16.0. The van der Waals surface area contributed by atoms with Crippen molar-refractivity contribution in [3.05, 3.63) is 47.8 Å². The number of methoxy groups -OCH3 is 1. The third kappa shape index (κ3) is 16.6. The molecule has 320 valence electrons. The Hall–Kier alpha value is -0.744. The fourth-order valence-corrected chi connectivity index (χ4v) is 7.95. The summed E-state index contributed by atoms with van der Waals surface area (Å²) in [4.78, 5) is 25.3. The van der Waals surface area contributed by atoms with Crippen molar-refractivity contribution in [2.75, 3.05) is 20.3 Å². The van der Waals surface area contributed by atoms with Crippen molar-refractivity contribution in [2.24, 2.45) is 11.8 Å². The minimum Gasteiger partial charge on any atom is -0.836 e. The molecule has 12 heteroatoms. The van der Waals surface area contributed by atoms with Crippen LogP contribution in [0.15, 0.2) is 47.8 Å². The molecule has 8 unspecified atom stereocenters. The van der Waals surface area contributed by atoms with Crippen molar-refractivity contribution < 1.29 is 100 Å². The van der Waals surface area contributed by atoms with Gasteiger partial charge in [0, 0.05) is 20.1 Å². The van der Waals surface area contributed by atoms with Gasteiger partial charge in [-0.1, -0.05) is 95.8 Å². The smallest absolute Gasteiger partial charge is 0.836 e. The second-order valence-corrected chi connectivity index (χ2v) is 16.0. The number of ketones is 1. The SMILES string of the molecule is CC.CC/C(C)=C/C=C/C=C/CCC(C)C(O)[C@H](O)C(O)C1=CCC(CCCCC2CCCC(OC)C2)O1.O=C(C(=O)C12OCCCC1O2)N1CCCC[C@H]1[O-].[K+]. The fourth-order valence-electron chi connectivity index (χ4n) is 7.95. The van der Waals surface area contributed by atoms with Crippen molar-refractivity contribution in [3.8, 4) is 0 Å². The van der Waals surface area contributed by atoms with E-state index in [-0.39, 0.29) is 69.5 Å². The molecule has 0 spiro atoms. The molecule has 0 aromatic carbocycles. The van der Waals surface area contributed by atoms with E-state index in [9.17, 15) is 30.0 Å². The molecule has 0 radical (unpaired) electrons. The van der Waals surface area contributed by atoms with Gasteiger partial charge in [0.25, 0.3) is 17.5 Å². The van der Waals surface area contributed by atoms with Crippen molar-refractivity contribution >= 4 is 11.7 Å². The maximum absolute atomic E-state index is 12.1. The number of hydrogen-bond acceptors (Lipinski definition) is 10. The number of unbranched alkanes of at least 4 members (excludes halogenated alkanes) is 1. The Kier molecular flexibility index (Phi) is 25.7. The van der Waals surface area contributed by atoms with Gasteiger partial charge in [0.05, 0.1) is 18.8 Å². The van der Waals surface area contributed by atoms with Crippen LogP contribution in [0.2, 0.25) is 0 Å². The van der Waals surface area contributed by atoms with Gasteiger partial charge in [0.1, 0.15) is 30.2 Å². The van der Waals surface area contributed by atoms with E-state index in [0.717, 1.165) is 75.0 Å². The third-order valence-corrected chi connectivity index (χ3v) is 11.8. The number of fused-ring (bicyclic) bond motifs is 1. The van der Waals surface area contributed by atoms with Gasteiger partial charge >= 0.3 is 51.4 Å². The van der Waals surface area contributed by atoms with Crippen LogP contribution in [-0.4, -0.2) is 101 Å². The molecule has 5 aliphatic rings. The Morgan fingerprint density at radius 2 is 1.77 bits per heavy atom. The van der Waals surface area contributed by atoms with Crippen LogP contribution in [0, 0.1) is 11.8 Å². The first-order valence-electron chi connectivity index (χ1n) is 21.8. The van der Waals surface area contributed by atoms with Crippen LogP contribution in [0.3, 0.4) is 0 Å². The number of hydrogen-bond donors (Lipinski definition) is 3. The largest absolute Gasteiger partial charge is 1.00 e. The molecule has 3 saturated heterocycles. The number of aliphatic hydroxyl groups excluding tert-OH is 3. The number of allylic oxidation sites excluding steroid dienone is 6.